The highest BCUT2D eigenvalue weighted by Gasteiger charge is 2.46. The maximum atomic E-state index is 6.60. The number of allylic oxidation sites excluding steroid dienone is 1. The molecule has 1 aliphatic carbocycles. The summed E-state index contributed by atoms with van der Waals surface area (Å²) in [4.78, 5) is 0. The van der Waals surface area contributed by atoms with Crippen molar-refractivity contribution in [1.29, 1.82) is 0 Å². The first-order valence-electron chi connectivity index (χ1n) is 7.75. The first-order valence-corrected chi connectivity index (χ1v) is 7.75. The van der Waals surface area contributed by atoms with Crippen LogP contribution in [-0.4, -0.2) is 5.54 Å². The lowest BCUT2D eigenvalue weighted by molar-refractivity contribution is 0.0307. The second-order valence-electron chi connectivity index (χ2n) is 7.09. The predicted molar refractivity (Wildman–Crippen MR) is 81.5 cm³/mol. The molecule has 0 aliphatic heterocycles. The molecule has 0 aromatic rings. The SMILES string of the molecule is C=CC(C)CCCC(C)C1(C)CCCCC1(C)N. The first-order chi connectivity index (χ1) is 8.33. The monoisotopic (exact) mass is 251 g/mol. The molecule has 0 amide bonds. The highest BCUT2D eigenvalue weighted by Crippen LogP contribution is 2.49. The van der Waals surface area contributed by atoms with Crippen molar-refractivity contribution in [3.05, 3.63) is 12.7 Å². The van der Waals surface area contributed by atoms with E-state index in [9.17, 15) is 0 Å². The van der Waals surface area contributed by atoms with Crippen molar-refractivity contribution in [1.82, 2.24) is 0 Å². The molecule has 1 nitrogen and oxygen atoms in total. The molecular formula is C17H33N. The largest absolute Gasteiger partial charge is 0.325 e. The molecule has 2 N–H and O–H groups in total. The summed E-state index contributed by atoms with van der Waals surface area (Å²) in [7, 11) is 0. The average molecular weight is 251 g/mol. The second-order valence-corrected chi connectivity index (χ2v) is 7.09. The summed E-state index contributed by atoms with van der Waals surface area (Å²) in [5, 5.41) is 0. The fraction of sp³-hybridized carbons (Fsp3) is 0.882. The summed E-state index contributed by atoms with van der Waals surface area (Å²) in [6.45, 7) is 13.2. The quantitative estimate of drug-likeness (QED) is 0.667. The molecule has 4 unspecified atom stereocenters. The van der Waals surface area contributed by atoms with E-state index in [1.807, 2.05) is 0 Å². The van der Waals surface area contributed by atoms with E-state index in [0.717, 1.165) is 5.92 Å². The molecule has 0 heterocycles. The molecule has 0 radical (unpaired) electrons. The van der Waals surface area contributed by atoms with Crippen LogP contribution < -0.4 is 5.73 Å². The Kier molecular flexibility index (Phi) is 5.46. The molecule has 18 heavy (non-hydrogen) atoms. The Morgan fingerprint density at radius 3 is 2.33 bits per heavy atom. The van der Waals surface area contributed by atoms with Crippen LogP contribution in [0.15, 0.2) is 12.7 Å². The minimum Gasteiger partial charge on any atom is -0.325 e. The van der Waals surface area contributed by atoms with Gasteiger partial charge in [0.05, 0.1) is 0 Å². The Hall–Kier alpha value is -0.300. The molecule has 106 valence electrons. The van der Waals surface area contributed by atoms with Crippen LogP contribution in [0.1, 0.15) is 72.6 Å². The molecule has 0 spiro atoms. The van der Waals surface area contributed by atoms with Crippen molar-refractivity contribution in [2.75, 3.05) is 0 Å². The van der Waals surface area contributed by atoms with Crippen LogP contribution in [-0.2, 0) is 0 Å². The predicted octanol–water partition coefficient (Wildman–Crippen LogP) is 4.91. The standard InChI is InChI=1S/C17H33N/c1-6-14(2)10-9-11-15(3)16(4)12-7-8-13-17(16,5)18/h6,14-15H,1,7-13,18H2,2-5H3. The summed E-state index contributed by atoms with van der Waals surface area (Å²) in [5.74, 6) is 1.38. The molecule has 1 fully saturated rings. The highest BCUT2D eigenvalue weighted by molar-refractivity contribution is 5.01. The minimum absolute atomic E-state index is 0.0225. The van der Waals surface area contributed by atoms with Gasteiger partial charge in [-0.25, -0.2) is 0 Å². The Bertz CT molecular complexity index is 269. The van der Waals surface area contributed by atoms with Gasteiger partial charge in [-0.3, -0.25) is 0 Å². The van der Waals surface area contributed by atoms with E-state index >= 15 is 0 Å². The zero-order valence-corrected chi connectivity index (χ0v) is 13.0. The van der Waals surface area contributed by atoms with Gasteiger partial charge < -0.3 is 5.73 Å². The van der Waals surface area contributed by atoms with Crippen molar-refractivity contribution in [2.45, 2.75) is 78.2 Å². The van der Waals surface area contributed by atoms with Crippen LogP contribution in [0.25, 0.3) is 0 Å². The summed E-state index contributed by atoms with van der Waals surface area (Å²) < 4.78 is 0. The fourth-order valence-electron chi connectivity index (χ4n) is 3.55. The Morgan fingerprint density at radius 1 is 1.17 bits per heavy atom. The van der Waals surface area contributed by atoms with Crippen molar-refractivity contribution in [3.8, 4) is 0 Å². The molecular weight excluding hydrogens is 218 g/mol. The molecule has 0 aromatic carbocycles. The van der Waals surface area contributed by atoms with Crippen LogP contribution in [0.3, 0.4) is 0 Å². The fourth-order valence-corrected chi connectivity index (χ4v) is 3.55. The molecule has 1 heteroatoms. The van der Waals surface area contributed by atoms with Gasteiger partial charge >= 0.3 is 0 Å². The van der Waals surface area contributed by atoms with Crippen molar-refractivity contribution >= 4 is 0 Å². The molecule has 4 atom stereocenters. The molecule has 0 saturated heterocycles. The first kappa shape index (κ1) is 15.8. The molecule has 0 bridgehead atoms. The third-order valence-corrected chi connectivity index (χ3v) is 5.73. The van der Waals surface area contributed by atoms with Crippen molar-refractivity contribution in [3.63, 3.8) is 0 Å². The number of hydrogen-bond donors (Lipinski definition) is 1. The Balaban J connectivity index is 2.53. The zero-order chi connectivity index (χ0) is 13.8. The van der Waals surface area contributed by atoms with Gasteiger partial charge in [0, 0.05) is 5.54 Å². The van der Waals surface area contributed by atoms with Gasteiger partial charge in [-0.05, 0) is 43.4 Å². The van der Waals surface area contributed by atoms with Crippen LogP contribution in [0.2, 0.25) is 0 Å². The van der Waals surface area contributed by atoms with Gasteiger partial charge in [0.15, 0.2) is 0 Å². The summed E-state index contributed by atoms with van der Waals surface area (Å²) in [5.41, 5.74) is 6.94. The van der Waals surface area contributed by atoms with Gasteiger partial charge in [0.1, 0.15) is 0 Å². The number of hydrogen-bond acceptors (Lipinski definition) is 1. The normalized spacial score (nSPS) is 36.1. The van der Waals surface area contributed by atoms with E-state index in [4.69, 9.17) is 5.73 Å². The average Bonchev–Trinajstić information content (AvgIpc) is 2.32. The van der Waals surface area contributed by atoms with E-state index < -0.39 is 0 Å². The lowest BCUT2D eigenvalue weighted by Crippen LogP contribution is -2.56. The summed E-state index contributed by atoms with van der Waals surface area (Å²) >= 11 is 0. The van der Waals surface area contributed by atoms with E-state index in [2.05, 4.69) is 40.3 Å². The highest BCUT2D eigenvalue weighted by atomic mass is 14.8. The maximum Gasteiger partial charge on any atom is 0.0182 e. The van der Waals surface area contributed by atoms with Crippen molar-refractivity contribution in [2.24, 2.45) is 23.0 Å². The van der Waals surface area contributed by atoms with Crippen LogP contribution in [0, 0.1) is 17.3 Å². The summed E-state index contributed by atoms with van der Waals surface area (Å²) in [6.07, 6.45) is 11.1. The van der Waals surface area contributed by atoms with Gasteiger partial charge in [0.25, 0.3) is 0 Å². The second kappa shape index (κ2) is 6.23. The van der Waals surface area contributed by atoms with Crippen LogP contribution in [0.4, 0.5) is 0 Å². The van der Waals surface area contributed by atoms with E-state index in [0.29, 0.717) is 11.3 Å². The number of nitrogens with two attached hydrogens (primary N) is 1. The van der Waals surface area contributed by atoms with E-state index in [1.54, 1.807) is 0 Å². The Morgan fingerprint density at radius 2 is 1.78 bits per heavy atom. The lowest BCUT2D eigenvalue weighted by Gasteiger charge is -2.51. The van der Waals surface area contributed by atoms with Gasteiger partial charge in [-0.1, -0.05) is 52.5 Å². The molecule has 1 saturated carbocycles. The summed E-state index contributed by atoms with van der Waals surface area (Å²) in [6, 6.07) is 0. The van der Waals surface area contributed by atoms with Gasteiger partial charge in [-0.15, -0.1) is 6.58 Å². The Labute approximate surface area is 114 Å². The molecule has 1 aliphatic rings. The van der Waals surface area contributed by atoms with Crippen molar-refractivity contribution < 1.29 is 0 Å². The van der Waals surface area contributed by atoms with Crippen LogP contribution >= 0.6 is 0 Å². The third-order valence-electron chi connectivity index (χ3n) is 5.73. The zero-order valence-electron chi connectivity index (χ0n) is 13.0. The van der Waals surface area contributed by atoms with Crippen LogP contribution in [0.5, 0.6) is 0 Å². The smallest absolute Gasteiger partial charge is 0.0182 e. The molecule has 1 rings (SSSR count). The van der Waals surface area contributed by atoms with Gasteiger partial charge in [-0.2, -0.15) is 0 Å². The molecule has 0 aromatic heterocycles. The van der Waals surface area contributed by atoms with E-state index in [-0.39, 0.29) is 5.54 Å². The van der Waals surface area contributed by atoms with E-state index in [1.165, 1.54) is 44.9 Å². The lowest BCUT2D eigenvalue weighted by atomic mass is 9.57. The minimum atomic E-state index is 0.0225. The third kappa shape index (κ3) is 3.38. The number of rotatable bonds is 6. The maximum absolute atomic E-state index is 6.60. The van der Waals surface area contributed by atoms with Gasteiger partial charge in [0.2, 0.25) is 0 Å². The topological polar surface area (TPSA) is 26.0 Å².